The Labute approximate surface area is 143 Å². The second-order valence-electron chi connectivity index (χ2n) is 4.91. The van der Waals surface area contributed by atoms with Crippen molar-refractivity contribution in [3.05, 3.63) is 59.7 Å². The first-order chi connectivity index (χ1) is 11.0. The van der Waals surface area contributed by atoms with Crippen molar-refractivity contribution in [1.82, 2.24) is 4.90 Å². The number of carbonyl (C=O) groups is 1. The molecule has 0 atom stereocenters. The van der Waals surface area contributed by atoms with Crippen molar-refractivity contribution < 1.29 is 13.6 Å². The molecule has 0 aliphatic carbocycles. The molecular weight excluding hydrogens is 336 g/mol. The van der Waals surface area contributed by atoms with E-state index in [0.717, 1.165) is 5.56 Å². The van der Waals surface area contributed by atoms with Gasteiger partial charge < -0.3 is 4.90 Å². The summed E-state index contributed by atoms with van der Waals surface area (Å²) in [5.74, 6) is -2.59. The molecule has 0 radical (unpaired) electrons. The van der Waals surface area contributed by atoms with Gasteiger partial charge in [0.05, 0.1) is 0 Å². The molecule has 0 N–H and O–H groups in total. The zero-order chi connectivity index (χ0) is 16.8. The molecule has 0 aliphatic heterocycles. The average molecular weight is 353 g/mol. The number of amides is 1. The first kappa shape index (κ1) is 17.8. The molecule has 122 valence electrons. The third-order valence-corrected chi connectivity index (χ3v) is 4.72. The van der Waals surface area contributed by atoms with Gasteiger partial charge >= 0.3 is 0 Å². The Morgan fingerprint density at radius 2 is 1.61 bits per heavy atom. The Kier molecular flexibility index (Phi) is 6.47. The summed E-state index contributed by atoms with van der Waals surface area (Å²) in [5, 5.41) is 0. The van der Waals surface area contributed by atoms with E-state index < -0.39 is 5.76 Å². The van der Waals surface area contributed by atoms with E-state index in [-0.39, 0.29) is 5.91 Å². The number of nitrogens with zero attached hydrogens (tertiary/aromatic N) is 1. The maximum absolute atomic E-state index is 12.4. The summed E-state index contributed by atoms with van der Waals surface area (Å²) < 4.78 is 24.6. The largest absolute Gasteiger partial charge is 0.337 e. The van der Waals surface area contributed by atoms with Crippen LogP contribution in [0.5, 0.6) is 0 Å². The number of rotatable bonds is 6. The SMILES string of the molecule is CSc1ccc(CN(C)C(=O)c2ccc(SC(F)F)cc2)cc1. The van der Waals surface area contributed by atoms with Gasteiger partial charge in [-0.15, -0.1) is 11.8 Å². The molecule has 0 heterocycles. The van der Waals surface area contributed by atoms with E-state index in [2.05, 4.69) is 0 Å². The Morgan fingerprint density at radius 3 is 2.13 bits per heavy atom. The lowest BCUT2D eigenvalue weighted by Crippen LogP contribution is -2.26. The second kappa shape index (κ2) is 8.36. The molecule has 2 rings (SSSR count). The minimum Gasteiger partial charge on any atom is -0.337 e. The van der Waals surface area contributed by atoms with Crippen molar-refractivity contribution in [1.29, 1.82) is 0 Å². The van der Waals surface area contributed by atoms with Crippen LogP contribution < -0.4 is 0 Å². The average Bonchev–Trinajstić information content (AvgIpc) is 2.55. The van der Waals surface area contributed by atoms with Gasteiger partial charge in [-0.3, -0.25) is 4.79 Å². The molecule has 0 saturated heterocycles. The lowest BCUT2D eigenvalue weighted by molar-refractivity contribution is 0.0785. The zero-order valence-corrected chi connectivity index (χ0v) is 14.5. The van der Waals surface area contributed by atoms with E-state index in [1.165, 1.54) is 4.90 Å². The van der Waals surface area contributed by atoms with Crippen LogP contribution in [0.25, 0.3) is 0 Å². The Balaban J connectivity index is 2.00. The molecule has 0 unspecified atom stereocenters. The molecule has 0 fully saturated rings. The van der Waals surface area contributed by atoms with E-state index in [4.69, 9.17) is 0 Å². The van der Waals surface area contributed by atoms with Crippen LogP contribution in [-0.4, -0.2) is 29.9 Å². The Morgan fingerprint density at radius 1 is 1.04 bits per heavy atom. The molecule has 0 aromatic heterocycles. The van der Waals surface area contributed by atoms with Crippen molar-refractivity contribution in [2.24, 2.45) is 0 Å². The molecule has 0 spiro atoms. The summed E-state index contributed by atoms with van der Waals surface area (Å²) in [4.78, 5) is 15.6. The molecule has 2 nitrogen and oxygen atoms in total. The van der Waals surface area contributed by atoms with Crippen LogP contribution in [0.15, 0.2) is 58.3 Å². The number of halogens is 2. The van der Waals surface area contributed by atoms with Crippen LogP contribution in [0.2, 0.25) is 0 Å². The molecule has 6 heteroatoms. The van der Waals surface area contributed by atoms with Crippen LogP contribution in [0.3, 0.4) is 0 Å². The quantitative estimate of drug-likeness (QED) is 0.682. The highest BCUT2D eigenvalue weighted by molar-refractivity contribution is 7.99. The lowest BCUT2D eigenvalue weighted by atomic mass is 10.1. The second-order valence-corrected chi connectivity index (χ2v) is 6.86. The highest BCUT2D eigenvalue weighted by Gasteiger charge is 2.13. The van der Waals surface area contributed by atoms with Crippen LogP contribution >= 0.6 is 23.5 Å². The lowest BCUT2D eigenvalue weighted by Gasteiger charge is -2.17. The Bertz CT molecular complexity index is 645. The highest BCUT2D eigenvalue weighted by atomic mass is 32.2. The maximum Gasteiger partial charge on any atom is 0.288 e. The van der Waals surface area contributed by atoms with E-state index >= 15 is 0 Å². The molecule has 0 bridgehead atoms. The van der Waals surface area contributed by atoms with Gasteiger partial charge in [0.2, 0.25) is 0 Å². The van der Waals surface area contributed by atoms with Gasteiger partial charge in [0.15, 0.2) is 0 Å². The van der Waals surface area contributed by atoms with E-state index in [1.54, 1.807) is 48.0 Å². The summed E-state index contributed by atoms with van der Waals surface area (Å²) in [7, 11) is 1.73. The van der Waals surface area contributed by atoms with Crippen molar-refractivity contribution >= 4 is 29.4 Å². The number of carbonyl (C=O) groups excluding carboxylic acids is 1. The monoisotopic (exact) mass is 353 g/mol. The van der Waals surface area contributed by atoms with Gasteiger partial charge in [0.1, 0.15) is 0 Å². The van der Waals surface area contributed by atoms with Crippen molar-refractivity contribution in [2.75, 3.05) is 13.3 Å². The van der Waals surface area contributed by atoms with Crippen LogP contribution in [0, 0.1) is 0 Å². The fraction of sp³-hybridized carbons (Fsp3) is 0.235. The molecule has 23 heavy (non-hydrogen) atoms. The normalized spacial score (nSPS) is 10.8. The number of thioether (sulfide) groups is 2. The fourth-order valence-electron chi connectivity index (χ4n) is 2.08. The maximum atomic E-state index is 12.4. The molecular formula is C17H17F2NOS2. The van der Waals surface area contributed by atoms with Gasteiger partial charge in [-0.05, 0) is 48.2 Å². The van der Waals surface area contributed by atoms with Gasteiger partial charge in [-0.25, -0.2) is 0 Å². The number of benzene rings is 2. The van der Waals surface area contributed by atoms with E-state index in [0.29, 0.717) is 28.8 Å². The van der Waals surface area contributed by atoms with Gasteiger partial charge in [-0.1, -0.05) is 23.9 Å². The molecule has 2 aromatic carbocycles. The zero-order valence-electron chi connectivity index (χ0n) is 12.8. The minimum atomic E-state index is -2.46. The van der Waals surface area contributed by atoms with Crippen molar-refractivity contribution in [3.8, 4) is 0 Å². The topological polar surface area (TPSA) is 20.3 Å². The number of hydrogen-bond acceptors (Lipinski definition) is 3. The third-order valence-electron chi connectivity index (χ3n) is 3.25. The predicted molar refractivity (Wildman–Crippen MR) is 92.3 cm³/mol. The molecule has 0 aliphatic rings. The van der Waals surface area contributed by atoms with Crippen LogP contribution in [0.4, 0.5) is 8.78 Å². The van der Waals surface area contributed by atoms with Crippen molar-refractivity contribution in [2.45, 2.75) is 22.1 Å². The third kappa shape index (κ3) is 5.25. The summed E-state index contributed by atoms with van der Waals surface area (Å²) in [6.45, 7) is 0.501. The fourth-order valence-corrected chi connectivity index (χ4v) is 2.98. The number of alkyl halides is 2. The van der Waals surface area contributed by atoms with Gasteiger partial charge in [0.25, 0.3) is 11.7 Å². The molecule has 2 aromatic rings. The Hall–Kier alpha value is -1.53. The van der Waals surface area contributed by atoms with Crippen LogP contribution in [-0.2, 0) is 6.54 Å². The van der Waals surface area contributed by atoms with Gasteiger partial charge in [-0.2, -0.15) is 8.78 Å². The molecule has 1 amide bonds. The number of hydrogen-bond donors (Lipinski definition) is 0. The van der Waals surface area contributed by atoms with Gasteiger partial charge in [0, 0.05) is 28.9 Å². The summed E-state index contributed by atoms with van der Waals surface area (Å²) in [6, 6.07) is 14.3. The van der Waals surface area contributed by atoms with E-state index in [1.807, 2.05) is 30.5 Å². The molecule has 0 saturated carbocycles. The van der Waals surface area contributed by atoms with Crippen molar-refractivity contribution in [3.63, 3.8) is 0 Å². The summed E-state index contributed by atoms with van der Waals surface area (Å²) in [5.41, 5.74) is 1.54. The minimum absolute atomic E-state index is 0.132. The standard InChI is InChI=1S/C17H17F2NOS2/c1-20(11-12-3-7-14(22-2)8-4-12)16(21)13-5-9-15(10-6-13)23-17(18)19/h3-10,17H,11H2,1-2H3. The van der Waals surface area contributed by atoms with E-state index in [9.17, 15) is 13.6 Å². The first-order valence-corrected chi connectivity index (χ1v) is 9.03. The summed E-state index contributed by atoms with van der Waals surface area (Å²) in [6.07, 6.45) is 2.01. The first-order valence-electron chi connectivity index (χ1n) is 6.93. The summed E-state index contributed by atoms with van der Waals surface area (Å²) >= 11 is 2.14. The predicted octanol–water partition coefficient (Wildman–Crippen LogP) is 5.00. The highest BCUT2D eigenvalue weighted by Crippen LogP contribution is 2.25. The van der Waals surface area contributed by atoms with Crippen LogP contribution in [0.1, 0.15) is 15.9 Å². The smallest absolute Gasteiger partial charge is 0.288 e.